The summed E-state index contributed by atoms with van der Waals surface area (Å²) in [5, 5.41) is 4.29. The predicted molar refractivity (Wildman–Crippen MR) is 123 cm³/mol. The Morgan fingerprint density at radius 3 is 2.45 bits per heavy atom. The van der Waals surface area contributed by atoms with Gasteiger partial charge in [-0.05, 0) is 41.8 Å². The monoisotopic (exact) mass is 472 g/mol. The van der Waals surface area contributed by atoms with Gasteiger partial charge in [-0.25, -0.2) is 0 Å². The smallest absolute Gasteiger partial charge is 0.242 e. The summed E-state index contributed by atoms with van der Waals surface area (Å²) in [6, 6.07) is 12.1. The van der Waals surface area contributed by atoms with Crippen molar-refractivity contribution in [2.45, 2.75) is 31.7 Å². The van der Waals surface area contributed by atoms with Crippen molar-refractivity contribution in [2.24, 2.45) is 0 Å². The molecule has 0 aliphatic carbocycles. The third-order valence-electron chi connectivity index (χ3n) is 4.37. The lowest BCUT2D eigenvalue weighted by Crippen LogP contribution is -2.48. The van der Waals surface area contributed by atoms with Crippen LogP contribution in [0.2, 0.25) is 15.1 Å². The Morgan fingerprint density at radius 2 is 1.83 bits per heavy atom. The van der Waals surface area contributed by atoms with E-state index in [1.165, 1.54) is 11.8 Å². The van der Waals surface area contributed by atoms with Gasteiger partial charge in [-0.2, -0.15) is 0 Å². The van der Waals surface area contributed by atoms with Crippen molar-refractivity contribution in [3.8, 4) is 0 Å². The second-order valence-corrected chi connectivity index (χ2v) is 8.68. The van der Waals surface area contributed by atoms with E-state index in [1.807, 2.05) is 31.2 Å². The van der Waals surface area contributed by atoms with E-state index in [0.717, 1.165) is 11.1 Å². The Labute approximate surface area is 190 Å². The molecule has 0 unspecified atom stereocenters. The fourth-order valence-corrected chi connectivity index (χ4v) is 4.42. The highest BCUT2D eigenvalue weighted by molar-refractivity contribution is 7.99. The molecule has 2 rings (SSSR count). The summed E-state index contributed by atoms with van der Waals surface area (Å²) in [5.74, 6) is 0.563. The molecule has 8 heteroatoms. The SMILES string of the molecule is CC[C@H](C(=O)NC)N(Cc1ccc(Cl)cc1Cl)C(=O)CSCc1cccc(Cl)c1. The van der Waals surface area contributed by atoms with Crippen molar-refractivity contribution in [2.75, 3.05) is 12.8 Å². The Bertz CT molecular complexity index is 864. The molecule has 0 radical (unpaired) electrons. The number of likely N-dealkylation sites (N-methyl/N-ethyl adjacent to an activating group) is 1. The zero-order valence-corrected chi connectivity index (χ0v) is 19.3. The summed E-state index contributed by atoms with van der Waals surface area (Å²) in [6.07, 6.45) is 0.496. The van der Waals surface area contributed by atoms with Crippen molar-refractivity contribution in [3.63, 3.8) is 0 Å². The van der Waals surface area contributed by atoms with Gasteiger partial charge in [0.15, 0.2) is 0 Å². The van der Waals surface area contributed by atoms with Crippen molar-refractivity contribution in [3.05, 3.63) is 68.7 Å². The molecule has 0 aliphatic rings. The molecule has 0 aliphatic heterocycles. The molecule has 0 saturated heterocycles. The quantitative estimate of drug-likeness (QED) is 0.528. The first-order valence-electron chi connectivity index (χ1n) is 9.12. The number of rotatable bonds is 9. The second-order valence-electron chi connectivity index (χ2n) is 6.42. The third kappa shape index (κ3) is 7.10. The fourth-order valence-electron chi connectivity index (χ4n) is 2.89. The minimum Gasteiger partial charge on any atom is -0.357 e. The van der Waals surface area contributed by atoms with Crippen LogP contribution in [0.4, 0.5) is 0 Å². The van der Waals surface area contributed by atoms with Crippen LogP contribution >= 0.6 is 46.6 Å². The number of carbonyl (C=O) groups is 2. The van der Waals surface area contributed by atoms with Crippen LogP contribution in [0.1, 0.15) is 24.5 Å². The Hall–Kier alpha value is -1.40. The van der Waals surface area contributed by atoms with E-state index in [9.17, 15) is 9.59 Å². The lowest BCUT2D eigenvalue weighted by Gasteiger charge is -2.30. The molecule has 0 aromatic heterocycles. The average Bonchev–Trinajstić information content (AvgIpc) is 2.69. The predicted octanol–water partition coefficient (Wildman–Crippen LogP) is 5.43. The topological polar surface area (TPSA) is 49.4 Å². The van der Waals surface area contributed by atoms with Gasteiger partial charge < -0.3 is 10.2 Å². The normalized spacial score (nSPS) is 11.8. The number of carbonyl (C=O) groups excluding carboxylic acids is 2. The van der Waals surface area contributed by atoms with E-state index in [4.69, 9.17) is 34.8 Å². The molecule has 1 N–H and O–H groups in total. The van der Waals surface area contributed by atoms with E-state index >= 15 is 0 Å². The largest absolute Gasteiger partial charge is 0.357 e. The highest BCUT2D eigenvalue weighted by Crippen LogP contribution is 2.24. The molecule has 156 valence electrons. The molecule has 0 saturated carbocycles. The first-order valence-corrected chi connectivity index (χ1v) is 11.4. The number of nitrogens with zero attached hydrogens (tertiary/aromatic N) is 1. The van der Waals surface area contributed by atoms with Crippen LogP contribution in [0.3, 0.4) is 0 Å². The summed E-state index contributed by atoms with van der Waals surface area (Å²) in [5.41, 5.74) is 1.78. The summed E-state index contributed by atoms with van der Waals surface area (Å²) in [6.45, 7) is 2.11. The summed E-state index contributed by atoms with van der Waals surface area (Å²) < 4.78 is 0. The second kappa shape index (κ2) is 11.7. The number of amides is 2. The van der Waals surface area contributed by atoms with E-state index in [-0.39, 0.29) is 24.1 Å². The highest BCUT2D eigenvalue weighted by Gasteiger charge is 2.28. The number of benzene rings is 2. The lowest BCUT2D eigenvalue weighted by molar-refractivity contribution is -0.139. The number of hydrogen-bond acceptors (Lipinski definition) is 3. The van der Waals surface area contributed by atoms with E-state index in [0.29, 0.717) is 27.2 Å². The van der Waals surface area contributed by atoms with Gasteiger partial charge in [-0.3, -0.25) is 9.59 Å². The number of hydrogen-bond donors (Lipinski definition) is 1. The molecular formula is C21H23Cl3N2O2S. The molecule has 0 spiro atoms. The zero-order valence-electron chi connectivity index (χ0n) is 16.3. The van der Waals surface area contributed by atoms with Crippen molar-refractivity contribution in [1.82, 2.24) is 10.2 Å². The minimum absolute atomic E-state index is 0.126. The molecule has 29 heavy (non-hydrogen) atoms. The van der Waals surface area contributed by atoms with E-state index in [2.05, 4.69) is 5.32 Å². The molecule has 0 heterocycles. The molecule has 0 fully saturated rings. The van der Waals surface area contributed by atoms with Crippen LogP contribution in [-0.4, -0.2) is 35.6 Å². The Balaban J connectivity index is 2.14. The maximum absolute atomic E-state index is 13.0. The van der Waals surface area contributed by atoms with Crippen molar-refractivity contribution < 1.29 is 9.59 Å². The molecule has 2 aromatic carbocycles. The van der Waals surface area contributed by atoms with Gasteiger partial charge in [0.2, 0.25) is 11.8 Å². The standard InChI is InChI=1S/C21H23Cl3N2O2S/c1-3-19(21(28)25-2)26(11-15-7-8-17(23)10-18(15)24)20(27)13-29-12-14-5-4-6-16(22)9-14/h4-10,19H,3,11-13H2,1-2H3,(H,25,28)/t19-/m1/s1. The van der Waals surface area contributed by atoms with Gasteiger partial charge in [0.25, 0.3) is 0 Å². The number of nitrogens with one attached hydrogen (secondary N) is 1. The third-order valence-corrected chi connectivity index (χ3v) is 6.18. The van der Waals surface area contributed by atoms with Crippen molar-refractivity contribution in [1.29, 1.82) is 0 Å². The van der Waals surface area contributed by atoms with Crippen LogP contribution in [0.5, 0.6) is 0 Å². The molecule has 1 atom stereocenters. The summed E-state index contributed by atoms with van der Waals surface area (Å²) in [7, 11) is 1.57. The summed E-state index contributed by atoms with van der Waals surface area (Å²) >= 11 is 19.8. The Morgan fingerprint density at radius 1 is 1.10 bits per heavy atom. The fraction of sp³-hybridized carbons (Fsp3) is 0.333. The maximum atomic E-state index is 13.0. The van der Waals surface area contributed by atoms with Crippen LogP contribution in [-0.2, 0) is 21.9 Å². The van der Waals surface area contributed by atoms with Gasteiger partial charge in [-0.1, -0.05) is 59.9 Å². The van der Waals surface area contributed by atoms with Crippen LogP contribution < -0.4 is 5.32 Å². The lowest BCUT2D eigenvalue weighted by atomic mass is 10.1. The molecule has 2 aromatic rings. The van der Waals surface area contributed by atoms with Crippen LogP contribution in [0.15, 0.2) is 42.5 Å². The first kappa shape index (κ1) is 23.9. The van der Waals surface area contributed by atoms with Gasteiger partial charge in [0.1, 0.15) is 6.04 Å². The van der Waals surface area contributed by atoms with Gasteiger partial charge in [-0.15, -0.1) is 11.8 Å². The van der Waals surface area contributed by atoms with Crippen molar-refractivity contribution >= 4 is 58.4 Å². The van der Waals surface area contributed by atoms with E-state index < -0.39 is 6.04 Å². The highest BCUT2D eigenvalue weighted by atomic mass is 35.5. The Kier molecular flexibility index (Phi) is 9.63. The van der Waals surface area contributed by atoms with Crippen LogP contribution in [0.25, 0.3) is 0 Å². The van der Waals surface area contributed by atoms with Gasteiger partial charge >= 0.3 is 0 Å². The molecule has 0 bridgehead atoms. The maximum Gasteiger partial charge on any atom is 0.242 e. The summed E-state index contributed by atoms with van der Waals surface area (Å²) in [4.78, 5) is 27.0. The molecule has 2 amide bonds. The molecule has 4 nitrogen and oxygen atoms in total. The van der Waals surface area contributed by atoms with E-state index in [1.54, 1.807) is 30.1 Å². The zero-order chi connectivity index (χ0) is 21.4. The first-order chi connectivity index (χ1) is 13.8. The number of thioether (sulfide) groups is 1. The van der Waals surface area contributed by atoms with Gasteiger partial charge in [0.05, 0.1) is 5.75 Å². The minimum atomic E-state index is -0.578. The van der Waals surface area contributed by atoms with Gasteiger partial charge in [0, 0.05) is 34.4 Å². The number of halogens is 3. The van der Waals surface area contributed by atoms with Crippen LogP contribution in [0, 0.1) is 0 Å². The molecular weight excluding hydrogens is 451 g/mol. The average molecular weight is 474 g/mol.